The summed E-state index contributed by atoms with van der Waals surface area (Å²) in [5.41, 5.74) is 0.915. The monoisotopic (exact) mass is 259 g/mol. The van der Waals surface area contributed by atoms with Crippen molar-refractivity contribution in [3.8, 4) is 0 Å². The van der Waals surface area contributed by atoms with Crippen molar-refractivity contribution in [3.05, 3.63) is 34.6 Å². The van der Waals surface area contributed by atoms with E-state index in [1.807, 2.05) is 11.9 Å². The predicted molar refractivity (Wildman–Crippen MR) is 63.5 cm³/mol. The number of ether oxygens (including phenoxy) is 1. The summed E-state index contributed by atoms with van der Waals surface area (Å²) < 4.78 is 18.2. The van der Waals surface area contributed by atoms with Crippen molar-refractivity contribution in [3.63, 3.8) is 0 Å². The molecule has 0 spiro atoms. The Morgan fingerprint density at radius 2 is 2.29 bits per heavy atom. The summed E-state index contributed by atoms with van der Waals surface area (Å²) in [4.78, 5) is 1.99. The fourth-order valence-electron chi connectivity index (χ4n) is 2.00. The van der Waals surface area contributed by atoms with Gasteiger partial charge in [-0.15, -0.1) is 0 Å². The summed E-state index contributed by atoms with van der Waals surface area (Å²) in [6.07, 6.45) is -0.462. The molecule has 0 bridgehead atoms. The lowest BCUT2D eigenvalue weighted by atomic mass is 10.1. The van der Waals surface area contributed by atoms with Crippen molar-refractivity contribution in [2.75, 3.05) is 20.3 Å². The summed E-state index contributed by atoms with van der Waals surface area (Å²) in [5.74, 6) is -0.415. The second-order valence-corrected chi connectivity index (χ2v) is 4.74. The van der Waals surface area contributed by atoms with Crippen LogP contribution in [-0.2, 0) is 11.3 Å². The lowest BCUT2D eigenvalue weighted by molar-refractivity contribution is 0.0925. The molecule has 94 valence electrons. The van der Waals surface area contributed by atoms with Crippen LogP contribution >= 0.6 is 11.6 Å². The molecule has 1 heterocycles. The van der Waals surface area contributed by atoms with Gasteiger partial charge in [-0.25, -0.2) is 4.39 Å². The van der Waals surface area contributed by atoms with Gasteiger partial charge in [-0.3, -0.25) is 4.90 Å². The van der Waals surface area contributed by atoms with Gasteiger partial charge in [0.2, 0.25) is 0 Å². The molecule has 0 unspecified atom stereocenters. The number of halogens is 2. The number of hydrogen-bond donors (Lipinski definition) is 1. The predicted octanol–water partition coefficient (Wildman–Crippen LogP) is 1.67. The van der Waals surface area contributed by atoms with Crippen molar-refractivity contribution in [1.82, 2.24) is 4.90 Å². The molecule has 2 atom stereocenters. The molecule has 0 aromatic heterocycles. The summed E-state index contributed by atoms with van der Waals surface area (Å²) in [6.45, 7) is 1.50. The molecule has 1 N–H and O–H groups in total. The summed E-state index contributed by atoms with van der Waals surface area (Å²) >= 11 is 5.72. The van der Waals surface area contributed by atoms with E-state index >= 15 is 0 Å². The van der Waals surface area contributed by atoms with E-state index in [2.05, 4.69) is 0 Å². The van der Waals surface area contributed by atoms with Crippen LogP contribution in [0.15, 0.2) is 18.2 Å². The van der Waals surface area contributed by atoms with Crippen molar-refractivity contribution in [2.45, 2.75) is 18.7 Å². The number of aliphatic hydroxyl groups is 1. The van der Waals surface area contributed by atoms with Gasteiger partial charge in [-0.1, -0.05) is 17.7 Å². The van der Waals surface area contributed by atoms with Gasteiger partial charge < -0.3 is 9.84 Å². The Kier molecular flexibility index (Phi) is 3.99. The minimum Gasteiger partial charge on any atom is -0.389 e. The van der Waals surface area contributed by atoms with E-state index in [-0.39, 0.29) is 11.1 Å². The van der Waals surface area contributed by atoms with E-state index in [9.17, 15) is 9.50 Å². The lowest BCUT2D eigenvalue weighted by Gasteiger charge is -2.25. The van der Waals surface area contributed by atoms with Crippen LogP contribution in [0.5, 0.6) is 0 Å². The van der Waals surface area contributed by atoms with Gasteiger partial charge in [0.25, 0.3) is 0 Å². The standard InChI is InChI=1S/C12H15ClFNO2/c1-15(11-6-17-7-12(11)16)5-8-2-3-10(14)9(13)4-8/h2-4,11-12,16H,5-7H2,1H3/t11-,12-/m1/s1. The van der Waals surface area contributed by atoms with E-state index in [1.54, 1.807) is 12.1 Å². The first kappa shape index (κ1) is 12.8. The maximum atomic E-state index is 13.0. The Hall–Kier alpha value is -0.680. The summed E-state index contributed by atoms with van der Waals surface area (Å²) in [7, 11) is 1.90. The van der Waals surface area contributed by atoms with Crippen LogP contribution < -0.4 is 0 Å². The third-order valence-corrected chi connectivity index (χ3v) is 3.29. The maximum Gasteiger partial charge on any atom is 0.141 e. The second-order valence-electron chi connectivity index (χ2n) is 4.34. The molecule has 1 saturated heterocycles. The molecule has 0 aliphatic carbocycles. The van der Waals surface area contributed by atoms with Crippen molar-refractivity contribution >= 4 is 11.6 Å². The van der Waals surface area contributed by atoms with Crippen LogP contribution in [0.3, 0.4) is 0 Å². The number of rotatable bonds is 3. The number of aliphatic hydroxyl groups excluding tert-OH is 1. The molecule has 3 nitrogen and oxygen atoms in total. The first-order valence-electron chi connectivity index (χ1n) is 5.48. The van der Waals surface area contributed by atoms with Gasteiger partial charge in [0.05, 0.1) is 30.4 Å². The minimum atomic E-state index is -0.462. The van der Waals surface area contributed by atoms with Gasteiger partial charge in [0.15, 0.2) is 0 Å². The highest BCUT2D eigenvalue weighted by Gasteiger charge is 2.29. The van der Waals surface area contributed by atoms with E-state index in [1.165, 1.54) is 6.07 Å². The molecule has 2 rings (SSSR count). The van der Waals surface area contributed by atoms with Crippen LogP contribution in [0, 0.1) is 5.82 Å². The quantitative estimate of drug-likeness (QED) is 0.896. The zero-order chi connectivity index (χ0) is 12.4. The molecular weight excluding hydrogens is 245 g/mol. The maximum absolute atomic E-state index is 13.0. The zero-order valence-corrected chi connectivity index (χ0v) is 10.3. The largest absolute Gasteiger partial charge is 0.389 e. The molecule has 1 aliphatic heterocycles. The molecule has 5 heteroatoms. The number of nitrogens with zero attached hydrogens (tertiary/aromatic N) is 1. The molecule has 17 heavy (non-hydrogen) atoms. The third kappa shape index (κ3) is 2.96. The van der Waals surface area contributed by atoms with Gasteiger partial charge in [0.1, 0.15) is 5.82 Å². The molecule has 0 saturated carbocycles. The molecule has 1 aromatic rings. The van der Waals surface area contributed by atoms with Gasteiger partial charge in [-0.05, 0) is 24.7 Å². The third-order valence-electron chi connectivity index (χ3n) is 3.00. The topological polar surface area (TPSA) is 32.7 Å². The lowest BCUT2D eigenvalue weighted by Crippen LogP contribution is -2.39. The SMILES string of the molecule is CN(Cc1ccc(F)c(Cl)c1)[C@@H]1COC[C@H]1O. The average Bonchev–Trinajstić information content (AvgIpc) is 2.70. The fraction of sp³-hybridized carbons (Fsp3) is 0.500. The molecular formula is C12H15ClFNO2. The van der Waals surface area contributed by atoms with E-state index in [0.717, 1.165) is 5.56 Å². The van der Waals surface area contributed by atoms with Crippen LogP contribution in [0.4, 0.5) is 4.39 Å². The van der Waals surface area contributed by atoms with Crippen LogP contribution in [-0.4, -0.2) is 42.4 Å². The summed E-state index contributed by atoms with van der Waals surface area (Å²) in [6, 6.07) is 4.64. The highest BCUT2D eigenvalue weighted by Crippen LogP contribution is 2.19. The first-order chi connectivity index (χ1) is 8.08. The normalized spacial score (nSPS) is 24.5. The fourth-order valence-corrected chi connectivity index (χ4v) is 2.20. The summed E-state index contributed by atoms with van der Waals surface area (Å²) in [5, 5.41) is 9.81. The smallest absolute Gasteiger partial charge is 0.141 e. The van der Waals surface area contributed by atoms with Gasteiger partial charge in [-0.2, -0.15) is 0 Å². The van der Waals surface area contributed by atoms with E-state index in [4.69, 9.17) is 16.3 Å². The first-order valence-corrected chi connectivity index (χ1v) is 5.85. The Morgan fingerprint density at radius 3 is 2.88 bits per heavy atom. The zero-order valence-electron chi connectivity index (χ0n) is 9.57. The Balaban J connectivity index is 2.02. The Morgan fingerprint density at radius 1 is 1.53 bits per heavy atom. The molecule has 0 amide bonds. The highest BCUT2D eigenvalue weighted by atomic mass is 35.5. The Labute approximate surface area is 105 Å². The number of likely N-dealkylation sites (N-methyl/N-ethyl adjacent to an activating group) is 1. The molecule has 1 aliphatic rings. The van der Waals surface area contributed by atoms with Crippen molar-refractivity contribution < 1.29 is 14.2 Å². The van der Waals surface area contributed by atoms with Crippen LogP contribution in [0.2, 0.25) is 5.02 Å². The van der Waals surface area contributed by atoms with Crippen LogP contribution in [0.1, 0.15) is 5.56 Å². The van der Waals surface area contributed by atoms with Crippen molar-refractivity contribution in [1.29, 1.82) is 0 Å². The number of hydrogen-bond acceptors (Lipinski definition) is 3. The van der Waals surface area contributed by atoms with Gasteiger partial charge >= 0.3 is 0 Å². The van der Waals surface area contributed by atoms with Gasteiger partial charge in [0, 0.05) is 6.54 Å². The molecule has 1 aromatic carbocycles. The van der Waals surface area contributed by atoms with E-state index in [0.29, 0.717) is 19.8 Å². The highest BCUT2D eigenvalue weighted by molar-refractivity contribution is 6.30. The second kappa shape index (κ2) is 5.31. The van der Waals surface area contributed by atoms with E-state index < -0.39 is 11.9 Å². The molecule has 0 radical (unpaired) electrons. The van der Waals surface area contributed by atoms with Crippen LogP contribution in [0.25, 0.3) is 0 Å². The Bertz CT molecular complexity index is 402. The molecule has 1 fully saturated rings. The average molecular weight is 260 g/mol. The number of benzene rings is 1. The van der Waals surface area contributed by atoms with Crippen molar-refractivity contribution in [2.24, 2.45) is 0 Å². The minimum absolute atomic E-state index is 0.0150.